The second kappa shape index (κ2) is 6.62. The van der Waals surface area contributed by atoms with Crippen molar-refractivity contribution in [1.82, 2.24) is 5.32 Å². The first kappa shape index (κ1) is 14.7. The number of nitrogens with zero attached hydrogens (tertiary/aromatic N) is 2. The number of aromatic hydroxyl groups is 1. The van der Waals surface area contributed by atoms with Gasteiger partial charge < -0.3 is 15.2 Å². The monoisotopic (exact) mass is 313 g/mol. The number of thioether (sulfide) groups is 1. The van der Waals surface area contributed by atoms with Crippen LogP contribution in [0.2, 0.25) is 5.02 Å². The van der Waals surface area contributed by atoms with E-state index in [4.69, 9.17) is 16.3 Å². The van der Waals surface area contributed by atoms with Gasteiger partial charge in [-0.3, -0.25) is 4.79 Å². The Morgan fingerprint density at radius 3 is 3.05 bits per heavy atom. The second-order valence-electron chi connectivity index (χ2n) is 3.77. The smallest absolute Gasteiger partial charge is 0.236 e. The summed E-state index contributed by atoms with van der Waals surface area (Å²) in [5.41, 5.74) is 0.634. The summed E-state index contributed by atoms with van der Waals surface area (Å²) >= 11 is 7.18. The normalized spacial score (nSPS) is 16.9. The number of amidine groups is 1. The molecule has 1 aromatic rings. The average Bonchev–Trinajstić information content (AvgIpc) is 2.81. The van der Waals surface area contributed by atoms with Crippen LogP contribution in [0.25, 0.3) is 0 Å². The predicted octanol–water partition coefficient (Wildman–Crippen LogP) is 2.00. The van der Waals surface area contributed by atoms with Gasteiger partial charge in [0.1, 0.15) is 0 Å². The number of hydrogen-bond donors (Lipinski definition) is 2. The largest absolute Gasteiger partial charge is 0.503 e. The van der Waals surface area contributed by atoms with Crippen molar-refractivity contribution in [2.24, 2.45) is 10.2 Å². The van der Waals surface area contributed by atoms with E-state index in [0.717, 1.165) is 0 Å². The molecule has 0 aromatic heterocycles. The van der Waals surface area contributed by atoms with E-state index in [-0.39, 0.29) is 22.4 Å². The average molecular weight is 314 g/mol. The van der Waals surface area contributed by atoms with E-state index in [1.165, 1.54) is 18.0 Å². The molecule has 1 fully saturated rings. The molecule has 1 aliphatic heterocycles. The van der Waals surface area contributed by atoms with Crippen LogP contribution in [0.15, 0.2) is 22.3 Å². The molecular formula is C12H12ClN3O3S. The van der Waals surface area contributed by atoms with Crippen LogP contribution < -0.4 is 10.1 Å². The number of rotatable bonds is 4. The minimum Gasteiger partial charge on any atom is -0.503 e. The molecule has 0 bridgehead atoms. The number of phenols is 1. The fraction of sp³-hybridized carbons (Fsp3) is 0.250. The molecule has 0 spiro atoms. The maximum absolute atomic E-state index is 11.0. The lowest BCUT2D eigenvalue weighted by Crippen LogP contribution is -2.19. The number of nitrogens with one attached hydrogen (secondary N) is 1. The van der Waals surface area contributed by atoms with E-state index in [9.17, 15) is 9.90 Å². The third-order valence-corrected chi connectivity index (χ3v) is 3.44. The number of halogens is 1. The van der Waals surface area contributed by atoms with Crippen molar-refractivity contribution in [2.45, 2.75) is 6.92 Å². The summed E-state index contributed by atoms with van der Waals surface area (Å²) < 4.78 is 5.26. The van der Waals surface area contributed by atoms with E-state index in [0.29, 0.717) is 23.1 Å². The fourth-order valence-corrected chi connectivity index (χ4v) is 2.31. The molecule has 0 aliphatic carbocycles. The molecule has 0 unspecified atom stereocenters. The SMILES string of the molecule is CCOc1cc(/C=N/N=C2/NC(=O)CS2)cc(Cl)c1O. The summed E-state index contributed by atoms with van der Waals surface area (Å²) in [4.78, 5) is 11.0. The van der Waals surface area contributed by atoms with Crippen LogP contribution in [-0.2, 0) is 4.79 Å². The maximum Gasteiger partial charge on any atom is 0.236 e. The number of ether oxygens (including phenoxy) is 1. The highest BCUT2D eigenvalue weighted by molar-refractivity contribution is 8.15. The van der Waals surface area contributed by atoms with Crippen LogP contribution in [0.5, 0.6) is 11.5 Å². The van der Waals surface area contributed by atoms with Crippen molar-refractivity contribution in [3.8, 4) is 11.5 Å². The van der Waals surface area contributed by atoms with Crippen LogP contribution in [0.4, 0.5) is 0 Å². The molecule has 2 N–H and O–H groups in total. The quantitative estimate of drug-likeness (QED) is 0.658. The Bertz CT molecular complexity index is 590. The molecule has 0 radical (unpaired) electrons. The minimum atomic E-state index is -0.101. The van der Waals surface area contributed by atoms with Crippen molar-refractivity contribution in [2.75, 3.05) is 12.4 Å². The van der Waals surface area contributed by atoms with Crippen LogP contribution in [-0.4, -0.2) is 34.8 Å². The number of hydrogen-bond acceptors (Lipinski definition) is 6. The summed E-state index contributed by atoms with van der Waals surface area (Å²) in [6.07, 6.45) is 1.46. The highest BCUT2D eigenvalue weighted by atomic mass is 35.5. The maximum atomic E-state index is 11.0. The Labute approximate surface area is 124 Å². The molecule has 8 heteroatoms. The first-order chi connectivity index (χ1) is 9.60. The first-order valence-corrected chi connectivity index (χ1v) is 7.15. The topological polar surface area (TPSA) is 83.3 Å². The Morgan fingerprint density at radius 1 is 1.60 bits per heavy atom. The van der Waals surface area contributed by atoms with Gasteiger partial charge in [0.05, 0.1) is 23.6 Å². The summed E-state index contributed by atoms with van der Waals surface area (Å²) in [6, 6.07) is 3.15. The molecule has 1 heterocycles. The van der Waals surface area contributed by atoms with Crippen molar-refractivity contribution in [3.63, 3.8) is 0 Å². The molecule has 1 aromatic carbocycles. The van der Waals surface area contributed by atoms with Crippen LogP contribution in [0.3, 0.4) is 0 Å². The summed E-state index contributed by atoms with van der Waals surface area (Å²) in [6.45, 7) is 2.22. The highest BCUT2D eigenvalue weighted by Crippen LogP contribution is 2.34. The van der Waals surface area contributed by atoms with Gasteiger partial charge in [0.2, 0.25) is 5.91 Å². The first-order valence-electron chi connectivity index (χ1n) is 5.79. The van der Waals surface area contributed by atoms with E-state index in [2.05, 4.69) is 15.5 Å². The van der Waals surface area contributed by atoms with Gasteiger partial charge in [-0.2, -0.15) is 5.10 Å². The lowest BCUT2D eigenvalue weighted by atomic mass is 10.2. The third-order valence-electron chi connectivity index (χ3n) is 2.29. The molecule has 6 nitrogen and oxygen atoms in total. The summed E-state index contributed by atoms with van der Waals surface area (Å²) in [5.74, 6) is 0.456. The molecule has 0 atom stereocenters. The predicted molar refractivity (Wildman–Crippen MR) is 79.9 cm³/mol. The molecule has 1 amide bonds. The summed E-state index contributed by atoms with van der Waals surface area (Å²) in [7, 11) is 0. The number of benzene rings is 1. The van der Waals surface area contributed by atoms with Gasteiger partial charge >= 0.3 is 0 Å². The Kier molecular flexibility index (Phi) is 4.86. The van der Waals surface area contributed by atoms with Gasteiger partial charge in [0, 0.05) is 5.56 Å². The van der Waals surface area contributed by atoms with E-state index in [1.807, 2.05) is 0 Å². The molecule has 2 rings (SSSR count). The fourth-order valence-electron chi connectivity index (χ4n) is 1.46. The molecule has 0 saturated carbocycles. The highest BCUT2D eigenvalue weighted by Gasteiger charge is 2.16. The molecular weight excluding hydrogens is 302 g/mol. The standard InChI is InChI=1S/C12H12ClN3O3S/c1-2-19-9-4-7(3-8(13)11(9)18)5-14-16-12-15-10(17)6-20-12/h3-5,18H,2,6H2,1H3,(H,15,16,17)/b14-5+. The zero-order chi connectivity index (χ0) is 14.5. The van der Waals surface area contributed by atoms with Gasteiger partial charge in [0.15, 0.2) is 16.7 Å². The molecule has 1 aliphatic rings. The number of carbonyl (C=O) groups excluding carboxylic acids is 1. The zero-order valence-corrected chi connectivity index (χ0v) is 12.2. The van der Waals surface area contributed by atoms with Gasteiger partial charge in [-0.15, -0.1) is 5.10 Å². The Hall–Kier alpha value is -1.73. The minimum absolute atomic E-state index is 0.0877. The van der Waals surface area contributed by atoms with Gasteiger partial charge in [0.25, 0.3) is 0 Å². The van der Waals surface area contributed by atoms with E-state index >= 15 is 0 Å². The van der Waals surface area contributed by atoms with Crippen LogP contribution in [0, 0.1) is 0 Å². The van der Waals surface area contributed by atoms with Crippen molar-refractivity contribution >= 4 is 40.7 Å². The number of amides is 1. The summed E-state index contributed by atoms with van der Waals surface area (Å²) in [5, 5.41) is 20.6. The molecule has 1 saturated heterocycles. The van der Waals surface area contributed by atoms with Gasteiger partial charge in [-0.25, -0.2) is 0 Å². The van der Waals surface area contributed by atoms with Crippen molar-refractivity contribution < 1.29 is 14.6 Å². The second-order valence-corrected chi connectivity index (χ2v) is 5.14. The zero-order valence-electron chi connectivity index (χ0n) is 10.6. The lowest BCUT2D eigenvalue weighted by Gasteiger charge is -2.07. The Balaban J connectivity index is 2.15. The van der Waals surface area contributed by atoms with Crippen molar-refractivity contribution in [3.05, 3.63) is 22.7 Å². The van der Waals surface area contributed by atoms with E-state index < -0.39 is 0 Å². The lowest BCUT2D eigenvalue weighted by molar-refractivity contribution is -0.116. The number of carbonyl (C=O) groups is 1. The molecule has 20 heavy (non-hydrogen) atoms. The van der Waals surface area contributed by atoms with Crippen LogP contribution in [0.1, 0.15) is 12.5 Å². The molecule has 106 valence electrons. The van der Waals surface area contributed by atoms with E-state index in [1.54, 1.807) is 19.1 Å². The van der Waals surface area contributed by atoms with Gasteiger partial charge in [-0.05, 0) is 19.1 Å². The van der Waals surface area contributed by atoms with Crippen molar-refractivity contribution in [1.29, 1.82) is 0 Å². The van der Waals surface area contributed by atoms with Crippen LogP contribution >= 0.6 is 23.4 Å². The Morgan fingerprint density at radius 2 is 2.40 bits per heavy atom. The van der Waals surface area contributed by atoms with Gasteiger partial charge in [-0.1, -0.05) is 23.4 Å². The third kappa shape index (κ3) is 3.64. The number of phenolic OH excluding ortho intramolecular Hbond substituents is 1.